The van der Waals surface area contributed by atoms with Gasteiger partial charge in [-0.15, -0.1) is 0 Å². The fourth-order valence-corrected chi connectivity index (χ4v) is 1.43. The van der Waals surface area contributed by atoms with E-state index < -0.39 is 0 Å². The summed E-state index contributed by atoms with van der Waals surface area (Å²) in [5.74, 6) is 0.542. The number of furan rings is 1. The summed E-state index contributed by atoms with van der Waals surface area (Å²) >= 11 is 0. The van der Waals surface area contributed by atoms with Crippen molar-refractivity contribution in [2.45, 2.75) is 0 Å². The molecule has 3 aromatic heterocycles. The maximum Gasteiger partial charge on any atom is 0.277 e. The van der Waals surface area contributed by atoms with Gasteiger partial charge in [-0.2, -0.15) is 5.10 Å². The highest BCUT2D eigenvalue weighted by molar-refractivity contribution is 6.03. The van der Waals surface area contributed by atoms with Crippen LogP contribution in [0, 0.1) is 0 Å². The summed E-state index contributed by atoms with van der Waals surface area (Å²) in [5, 5.41) is 12.6. The molecule has 0 fully saturated rings. The van der Waals surface area contributed by atoms with Crippen molar-refractivity contribution in [1.29, 1.82) is 0 Å². The quantitative estimate of drug-likeness (QED) is 0.733. The molecule has 0 aliphatic rings. The Morgan fingerprint density at radius 2 is 2.33 bits per heavy atom. The fourth-order valence-electron chi connectivity index (χ4n) is 1.43. The van der Waals surface area contributed by atoms with Crippen LogP contribution in [0.1, 0.15) is 10.5 Å². The van der Waals surface area contributed by atoms with E-state index in [0.717, 1.165) is 0 Å². The minimum Gasteiger partial charge on any atom is -0.461 e. The highest BCUT2D eigenvalue weighted by Crippen LogP contribution is 2.20. The van der Waals surface area contributed by atoms with Gasteiger partial charge >= 0.3 is 0 Å². The average molecular weight is 244 g/mol. The zero-order valence-electron chi connectivity index (χ0n) is 9.08. The third-order valence-electron chi connectivity index (χ3n) is 2.26. The van der Waals surface area contributed by atoms with Crippen molar-refractivity contribution in [2.75, 3.05) is 5.32 Å². The van der Waals surface area contributed by atoms with Gasteiger partial charge in [-0.05, 0) is 12.1 Å². The summed E-state index contributed by atoms with van der Waals surface area (Å²) in [5.41, 5.74) is 0.727. The third-order valence-corrected chi connectivity index (χ3v) is 2.26. The molecule has 0 saturated heterocycles. The van der Waals surface area contributed by atoms with Crippen LogP contribution in [0.2, 0.25) is 0 Å². The van der Waals surface area contributed by atoms with Gasteiger partial charge in [0, 0.05) is 12.3 Å². The Labute approximate surface area is 101 Å². The average Bonchev–Trinajstić information content (AvgIpc) is 3.11. The zero-order valence-corrected chi connectivity index (χ0v) is 9.08. The molecule has 0 aliphatic carbocycles. The number of carbonyl (C=O) groups excluding carboxylic acids is 1. The van der Waals surface area contributed by atoms with E-state index in [-0.39, 0.29) is 11.6 Å². The number of amides is 1. The maximum atomic E-state index is 11.8. The lowest BCUT2D eigenvalue weighted by Crippen LogP contribution is -2.11. The van der Waals surface area contributed by atoms with Gasteiger partial charge in [-0.25, -0.2) is 0 Å². The summed E-state index contributed by atoms with van der Waals surface area (Å²) in [6, 6.07) is 4.95. The molecule has 3 rings (SSSR count). The number of hydrogen-bond acceptors (Lipinski definition) is 5. The number of hydrogen-bond donors (Lipinski definition) is 2. The molecule has 90 valence electrons. The second kappa shape index (κ2) is 4.21. The maximum absolute atomic E-state index is 11.8. The largest absolute Gasteiger partial charge is 0.461 e. The first-order valence-electron chi connectivity index (χ1n) is 5.13. The van der Waals surface area contributed by atoms with Crippen LogP contribution >= 0.6 is 0 Å². The van der Waals surface area contributed by atoms with Crippen LogP contribution < -0.4 is 5.32 Å². The van der Waals surface area contributed by atoms with E-state index in [1.165, 1.54) is 18.5 Å². The lowest BCUT2D eigenvalue weighted by Gasteiger charge is -1.95. The van der Waals surface area contributed by atoms with Crippen LogP contribution in [-0.4, -0.2) is 21.3 Å². The number of nitrogens with one attached hydrogen (secondary N) is 2. The van der Waals surface area contributed by atoms with Gasteiger partial charge in [0.25, 0.3) is 5.91 Å². The van der Waals surface area contributed by atoms with E-state index in [0.29, 0.717) is 17.2 Å². The van der Waals surface area contributed by atoms with Crippen molar-refractivity contribution in [3.05, 3.63) is 42.5 Å². The fraction of sp³-hybridized carbons (Fsp3) is 0. The number of anilines is 1. The summed E-state index contributed by atoms with van der Waals surface area (Å²) < 4.78 is 10.2. The first kappa shape index (κ1) is 10.3. The molecule has 2 N–H and O–H groups in total. The van der Waals surface area contributed by atoms with Crippen LogP contribution in [-0.2, 0) is 0 Å². The molecule has 0 unspecified atom stereocenters. The van der Waals surface area contributed by atoms with E-state index in [4.69, 9.17) is 8.94 Å². The van der Waals surface area contributed by atoms with Gasteiger partial charge in [-0.1, -0.05) is 5.16 Å². The number of H-pyrrole nitrogens is 1. The Kier molecular flexibility index (Phi) is 2.41. The number of aromatic amines is 1. The van der Waals surface area contributed by atoms with Crippen molar-refractivity contribution < 1.29 is 13.7 Å². The van der Waals surface area contributed by atoms with Gasteiger partial charge in [0.2, 0.25) is 5.76 Å². The Balaban J connectivity index is 1.79. The summed E-state index contributed by atoms with van der Waals surface area (Å²) in [4.78, 5) is 11.8. The van der Waals surface area contributed by atoms with E-state index >= 15 is 0 Å². The molecule has 7 heteroatoms. The Morgan fingerprint density at radius 1 is 1.39 bits per heavy atom. The second-order valence-corrected chi connectivity index (χ2v) is 3.49. The van der Waals surface area contributed by atoms with Crippen molar-refractivity contribution >= 4 is 11.6 Å². The third kappa shape index (κ3) is 1.88. The SMILES string of the molecule is O=C(Nc1cn[nH]c1)c1cc(-c2ccco2)on1. The first-order valence-corrected chi connectivity index (χ1v) is 5.13. The Bertz CT molecular complexity index is 640. The molecule has 0 aromatic carbocycles. The van der Waals surface area contributed by atoms with Crippen molar-refractivity contribution in [3.63, 3.8) is 0 Å². The first-order chi connectivity index (χ1) is 8.83. The second-order valence-electron chi connectivity index (χ2n) is 3.49. The molecule has 0 saturated carbocycles. The standard InChI is InChI=1S/C11H8N4O3/c16-11(14-7-5-12-13-6-7)8-4-10(18-15-8)9-2-1-3-17-9/h1-6H,(H,12,13)(H,14,16). The smallest absolute Gasteiger partial charge is 0.277 e. The molecule has 1 amide bonds. The lowest BCUT2D eigenvalue weighted by atomic mass is 10.3. The van der Waals surface area contributed by atoms with E-state index in [9.17, 15) is 4.79 Å². The molecule has 0 bridgehead atoms. The molecule has 3 aromatic rings. The van der Waals surface area contributed by atoms with Gasteiger partial charge in [0.1, 0.15) is 0 Å². The summed E-state index contributed by atoms with van der Waals surface area (Å²) in [6.07, 6.45) is 4.57. The van der Waals surface area contributed by atoms with Gasteiger partial charge in [0.05, 0.1) is 18.1 Å². The van der Waals surface area contributed by atoms with E-state index in [2.05, 4.69) is 20.7 Å². The molecule has 18 heavy (non-hydrogen) atoms. The predicted molar refractivity (Wildman–Crippen MR) is 60.7 cm³/mol. The molecular weight excluding hydrogens is 236 g/mol. The molecule has 0 spiro atoms. The topological polar surface area (TPSA) is 97.0 Å². The minimum atomic E-state index is -0.377. The van der Waals surface area contributed by atoms with E-state index in [1.54, 1.807) is 18.3 Å². The molecule has 0 aliphatic heterocycles. The highest BCUT2D eigenvalue weighted by atomic mass is 16.5. The van der Waals surface area contributed by atoms with Gasteiger partial charge in [-0.3, -0.25) is 9.89 Å². The van der Waals surface area contributed by atoms with Crippen molar-refractivity contribution in [3.8, 4) is 11.5 Å². The van der Waals surface area contributed by atoms with Crippen LogP contribution in [0.15, 0.2) is 45.8 Å². The highest BCUT2D eigenvalue weighted by Gasteiger charge is 2.15. The Morgan fingerprint density at radius 3 is 3.06 bits per heavy atom. The normalized spacial score (nSPS) is 10.4. The van der Waals surface area contributed by atoms with Gasteiger partial charge < -0.3 is 14.3 Å². The summed E-state index contributed by atoms with van der Waals surface area (Å²) in [6.45, 7) is 0. The molecular formula is C11H8N4O3. The molecule has 7 nitrogen and oxygen atoms in total. The number of carbonyl (C=O) groups is 1. The Hall–Kier alpha value is -2.83. The lowest BCUT2D eigenvalue weighted by molar-refractivity contribution is 0.101. The van der Waals surface area contributed by atoms with Crippen LogP contribution in [0.25, 0.3) is 11.5 Å². The van der Waals surface area contributed by atoms with Gasteiger partial charge in [0.15, 0.2) is 11.5 Å². The number of nitrogens with zero attached hydrogens (tertiary/aromatic N) is 2. The number of aromatic nitrogens is 3. The molecule has 0 radical (unpaired) electrons. The molecule has 3 heterocycles. The predicted octanol–water partition coefficient (Wildman–Crippen LogP) is 1.91. The van der Waals surface area contributed by atoms with E-state index in [1.807, 2.05) is 0 Å². The zero-order chi connectivity index (χ0) is 12.4. The van der Waals surface area contributed by atoms with Crippen molar-refractivity contribution in [2.24, 2.45) is 0 Å². The van der Waals surface area contributed by atoms with Crippen LogP contribution in [0.4, 0.5) is 5.69 Å². The van der Waals surface area contributed by atoms with Crippen LogP contribution in [0.3, 0.4) is 0 Å². The van der Waals surface area contributed by atoms with Crippen LogP contribution in [0.5, 0.6) is 0 Å². The molecule has 0 atom stereocenters. The summed E-state index contributed by atoms with van der Waals surface area (Å²) in [7, 11) is 0. The monoisotopic (exact) mass is 244 g/mol. The minimum absolute atomic E-state index is 0.169. The number of rotatable bonds is 3. The van der Waals surface area contributed by atoms with Crippen molar-refractivity contribution in [1.82, 2.24) is 15.4 Å².